The van der Waals surface area contributed by atoms with Crippen molar-refractivity contribution in [3.8, 4) is 0 Å². The number of unbranched alkanes of at least 4 members (excludes halogenated alkanes) is 14. The van der Waals surface area contributed by atoms with E-state index in [4.69, 9.17) is 0 Å². The van der Waals surface area contributed by atoms with E-state index in [2.05, 4.69) is 19.1 Å². The first kappa shape index (κ1) is 24.1. The van der Waals surface area contributed by atoms with E-state index >= 15 is 0 Å². The van der Waals surface area contributed by atoms with Gasteiger partial charge in [-0.2, -0.15) is 0 Å². The number of hydrogen-bond donors (Lipinski definition) is 0. The van der Waals surface area contributed by atoms with Crippen molar-refractivity contribution in [1.82, 2.24) is 0 Å². The van der Waals surface area contributed by atoms with Gasteiger partial charge in [0, 0.05) is 0 Å². The average Bonchev–Trinajstić information content (AvgIpc) is 2.43. The Hall–Kier alpha value is 0.890. The third-order valence-corrected chi connectivity index (χ3v) is 4.19. The molecule has 0 heterocycles. The van der Waals surface area contributed by atoms with Gasteiger partial charge in [-0.25, -0.2) is 0 Å². The second-order valence-electron chi connectivity index (χ2n) is 6.07. The maximum atomic E-state index is 10.6. The standard InChI is InChI=1S/C18H36OS.Na/c1-2-3-4-5-6-7-8-9-10-11-12-13-14-15-16-17-18(19)20;/h2-17H2,1H3,(H,19,20);/q;+1/p-1. The molecule has 21 heavy (non-hydrogen) atoms. The molecule has 0 aliphatic heterocycles. The number of rotatable bonds is 16. The number of hydrogen-bond acceptors (Lipinski definition) is 2. The summed E-state index contributed by atoms with van der Waals surface area (Å²) < 4.78 is 0. The first-order chi connectivity index (χ1) is 9.77. The summed E-state index contributed by atoms with van der Waals surface area (Å²) in [5, 5.41) is 10.5. The van der Waals surface area contributed by atoms with E-state index in [9.17, 15) is 5.11 Å². The van der Waals surface area contributed by atoms with Crippen LogP contribution < -0.4 is 34.7 Å². The largest absolute Gasteiger partial charge is 1.00 e. The summed E-state index contributed by atoms with van der Waals surface area (Å²) in [6.07, 6.45) is 21.0. The van der Waals surface area contributed by atoms with Gasteiger partial charge in [0.2, 0.25) is 0 Å². The maximum Gasteiger partial charge on any atom is 1.00 e. The zero-order chi connectivity index (χ0) is 14.9. The SMILES string of the molecule is CCCCCCCCCCCCCCCCCC([O-])=S.[Na+]. The van der Waals surface area contributed by atoms with Crippen LogP contribution in [0, 0.1) is 0 Å². The van der Waals surface area contributed by atoms with E-state index in [0.29, 0.717) is 6.42 Å². The van der Waals surface area contributed by atoms with Crippen molar-refractivity contribution < 1.29 is 34.7 Å². The van der Waals surface area contributed by atoms with Gasteiger partial charge in [0.25, 0.3) is 0 Å². The van der Waals surface area contributed by atoms with E-state index in [-0.39, 0.29) is 34.6 Å². The molecule has 0 aromatic heterocycles. The fourth-order valence-corrected chi connectivity index (χ4v) is 2.78. The minimum Gasteiger partial charge on any atom is -0.867 e. The van der Waals surface area contributed by atoms with Gasteiger partial charge >= 0.3 is 29.6 Å². The normalized spacial score (nSPS) is 10.3. The van der Waals surface area contributed by atoms with Gasteiger partial charge in [0.1, 0.15) is 0 Å². The van der Waals surface area contributed by atoms with E-state index in [0.717, 1.165) is 6.42 Å². The molecule has 0 N–H and O–H groups in total. The van der Waals surface area contributed by atoms with Crippen molar-refractivity contribution in [1.29, 1.82) is 0 Å². The summed E-state index contributed by atoms with van der Waals surface area (Å²) in [6, 6.07) is 0. The first-order valence-electron chi connectivity index (χ1n) is 8.97. The molecule has 0 aromatic carbocycles. The Labute approximate surface area is 161 Å². The Morgan fingerprint density at radius 2 is 0.905 bits per heavy atom. The summed E-state index contributed by atoms with van der Waals surface area (Å²) in [6.45, 7) is 2.28. The minimum absolute atomic E-state index is 0. The molecule has 0 aromatic rings. The minimum atomic E-state index is -0.0697. The summed E-state index contributed by atoms with van der Waals surface area (Å²) in [7, 11) is 0. The van der Waals surface area contributed by atoms with Gasteiger partial charge < -0.3 is 5.11 Å². The molecule has 0 spiro atoms. The molecule has 3 heteroatoms. The molecule has 120 valence electrons. The van der Waals surface area contributed by atoms with Crippen LogP contribution in [0.5, 0.6) is 0 Å². The van der Waals surface area contributed by atoms with Gasteiger partial charge in [-0.1, -0.05) is 102 Å². The van der Waals surface area contributed by atoms with E-state index in [1.807, 2.05) is 0 Å². The molecule has 0 saturated carbocycles. The van der Waals surface area contributed by atoms with Crippen LogP contribution in [0.25, 0.3) is 0 Å². The smallest absolute Gasteiger partial charge is 0.867 e. The fourth-order valence-electron chi connectivity index (χ4n) is 2.64. The van der Waals surface area contributed by atoms with E-state index < -0.39 is 0 Å². The molecule has 0 aliphatic rings. The number of thiocarbonyl (C=S) groups is 1. The van der Waals surface area contributed by atoms with Crippen molar-refractivity contribution in [2.45, 2.75) is 110 Å². The van der Waals surface area contributed by atoms with Crippen molar-refractivity contribution in [3.05, 3.63) is 0 Å². The maximum absolute atomic E-state index is 10.6. The summed E-state index contributed by atoms with van der Waals surface area (Å²) in [4.78, 5) is 0. The van der Waals surface area contributed by atoms with Gasteiger partial charge in [-0.3, -0.25) is 0 Å². The monoisotopic (exact) mass is 322 g/mol. The van der Waals surface area contributed by atoms with E-state index in [1.54, 1.807) is 0 Å². The van der Waals surface area contributed by atoms with Crippen LogP contribution in [0.1, 0.15) is 110 Å². The Morgan fingerprint density at radius 1 is 0.619 bits per heavy atom. The van der Waals surface area contributed by atoms with Gasteiger partial charge in [0.15, 0.2) is 0 Å². The van der Waals surface area contributed by atoms with Crippen LogP contribution in [0.3, 0.4) is 0 Å². The summed E-state index contributed by atoms with van der Waals surface area (Å²) in [5.41, 5.74) is 0. The van der Waals surface area contributed by atoms with Crippen LogP contribution in [-0.2, 0) is 0 Å². The average molecular weight is 323 g/mol. The predicted molar refractivity (Wildman–Crippen MR) is 92.1 cm³/mol. The molecule has 0 atom stereocenters. The Morgan fingerprint density at radius 3 is 1.19 bits per heavy atom. The summed E-state index contributed by atoms with van der Waals surface area (Å²) in [5.74, 6) is 0. The molecule has 0 bridgehead atoms. The van der Waals surface area contributed by atoms with Gasteiger partial charge in [-0.05, 0) is 12.8 Å². The molecule has 1 nitrogen and oxygen atoms in total. The second-order valence-corrected chi connectivity index (χ2v) is 6.53. The van der Waals surface area contributed by atoms with Gasteiger partial charge in [0.05, 0.1) is 0 Å². The molecule has 0 unspecified atom stereocenters. The van der Waals surface area contributed by atoms with Crippen LogP contribution in [-0.4, -0.2) is 5.05 Å². The van der Waals surface area contributed by atoms with Crippen LogP contribution in [0.2, 0.25) is 0 Å². The Kier molecular flexibility index (Phi) is 24.0. The fraction of sp³-hybridized carbons (Fsp3) is 0.944. The topological polar surface area (TPSA) is 23.1 Å². The van der Waals surface area contributed by atoms with Crippen molar-refractivity contribution in [3.63, 3.8) is 0 Å². The first-order valence-corrected chi connectivity index (χ1v) is 9.38. The Balaban J connectivity index is 0. The third kappa shape index (κ3) is 23.3. The second kappa shape index (κ2) is 20.9. The predicted octanol–water partition coefficient (Wildman–Crippen LogP) is 2.94. The zero-order valence-electron chi connectivity index (χ0n) is 14.6. The molecular weight excluding hydrogens is 287 g/mol. The molecule has 0 amide bonds. The third-order valence-electron chi connectivity index (χ3n) is 3.98. The molecule has 0 fully saturated rings. The quantitative estimate of drug-likeness (QED) is 0.248. The Bertz CT molecular complexity index is 209. The molecule has 0 saturated heterocycles. The summed E-state index contributed by atoms with van der Waals surface area (Å²) >= 11 is 4.54. The van der Waals surface area contributed by atoms with Crippen molar-refractivity contribution in [2.75, 3.05) is 0 Å². The van der Waals surface area contributed by atoms with Crippen LogP contribution in [0.4, 0.5) is 0 Å². The van der Waals surface area contributed by atoms with E-state index in [1.165, 1.54) is 89.9 Å². The molecular formula is C18H35NaOS. The van der Waals surface area contributed by atoms with Crippen LogP contribution >= 0.6 is 12.2 Å². The molecule has 0 rings (SSSR count). The molecule has 0 radical (unpaired) electrons. The van der Waals surface area contributed by atoms with Gasteiger partial charge in [-0.15, -0.1) is 12.2 Å². The van der Waals surface area contributed by atoms with Crippen molar-refractivity contribution in [2.24, 2.45) is 0 Å². The van der Waals surface area contributed by atoms with Crippen LogP contribution in [0.15, 0.2) is 0 Å². The van der Waals surface area contributed by atoms with Crippen molar-refractivity contribution >= 4 is 17.3 Å². The zero-order valence-corrected chi connectivity index (χ0v) is 17.4. The molecule has 0 aliphatic carbocycles.